The second kappa shape index (κ2) is 9.07. The van der Waals surface area contributed by atoms with Crippen LogP contribution in [0.3, 0.4) is 0 Å². The van der Waals surface area contributed by atoms with Gasteiger partial charge in [0.2, 0.25) is 15.9 Å². The van der Waals surface area contributed by atoms with Gasteiger partial charge in [-0.25, -0.2) is 8.42 Å². The first-order chi connectivity index (χ1) is 13.4. The maximum atomic E-state index is 13.3. The molecule has 0 bridgehead atoms. The summed E-state index contributed by atoms with van der Waals surface area (Å²) in [5.41, 5.74) is 1.58. The fourth-order valence-electron chi connectivity index (χ4n) is 3.50. The summed E-state index contributed by atoms with van der Waals surface area (Å²) in [6.45, 7) is 1.71. The van der Waals surface area contributed by atoms with Crippen LogP contribution in [0.25, 0.3) is 0 Å². The summed E-state index contributed by atoms with van der Waals surface area (Å²) >= 11 is 5.87. The number of nitrogens with one attached hydrogen (secondary N) is 1. The molecule has 0 saturated heterocycles. The molecule has 2 aromatic carbocycles. The van der Waals surface area contributed by atoms with Crippen LogP contribution in [-0.2, 0) is 14.8 Å². The van der Waals surface area contributed by atoms with E-state index in [4.69, 9.17) is 11.6 Å². The average molecular weight is 421 g/mol. The van der Waals surface area contributed by atoms with E-state index in [2.05, 4.69) is 5.32 Å². The molecular formula is C21H25ClN2O3S. The third-order valence-electron chi connectivity index (χ3n) is 5.04. The maximum Gasteiger partial charge on any atom is 0.243 e. The van der Waals surface area contributed by atoms with E-state index in [-0.39, 0.29) is 23.4 Å². The lowest BCUT2D eigenvalue weighted by Gasteiger charge is -2.33. The van der Waals surface area contributed by atoms with E-state index in [0.717, 1.165) is 37.7 Å². The van der Waals surface area contributed by atoms with Gasteiger partial charge in [0, 0.05) is 16.8 Å². The molecular weight excluding hydrogens is 396 g/mol. The quantitative estimate of drug-likeness (QED) is 0.741. The number of aryl methyl sites for hydroxylation is 1. The van der Waals surface area contributed by atoms with E-state index in [0.29, 0.717) is 10.7 Å². The van der Waals surface area contributed by atoms with Gasteiger partial charge < -0.3 is 5.32 Å². The molecule has 0 radical (unpaired) electrons. The van der Waals surface area contributed by atoms with Crippen molar-refractivity contribution in [2.24, 2.45) is 0 Å². The SMILES string of the molecule is Cc1ccc(S(=O)(=O)N(CC(=O)Nc2ccc(Cl)cc2)C2CCCCC2)cc1. The lowest BCUT2D eigenvalue weighted by atomic mass is 9.95. The maximum absolute atomic E-state index is 13.3. The van der Waals surface area contributed by atoms with Gasteiger partial charge in [0.25, 0.3) is 0 Å². The van der Waals surface area contributed by atoms with Gasteiger partial charge >= 0.3 is 0 Å². The van der Waals surface area contributed by atoms with Crippen LogP contribution < -0.4 is 5.32 Å². The minimum absolute atomic E-state index is 0.156. The highest BCUT2D eigenvalue weighted by Crippen LogP contribution is 2.28. The van der Waals surface area contributed by atoms with Gasteiger partial charge in [0.15, 0.2) is 0 Å². The number of rotatable bonds is 6. The third kappa shape index (κ3) is 5.13. The Balaban J connectivity index is 1.83. The lowest BCUT2D eigenvalue weighted by Crippen LogP contribution is -2.45. The van der Waals surface area contributed by atoms with E-state index in [1.54, 1.807) is 48.5 Å². The normalized spacial score (nSPS) is 15.5. The number of carbonyl (C=O) groups excluding carboxylic acids is 1. The monoisotopic (exact) mass is 420 g/mol. The molecule has 1 amide bonds. The number of benzene rings is 2. The van der Waals surface area contributed by atoms with Crippen LogP contribution in [0.4, 0.5) is 5.69 Å². The third-order valence-corrected chi connectivity index (χ3v) is 7.20. The second-order valence-electron chi connectivity index (χ2n) is 7.21. The zero-order chi connectivity index (χ0) is 20.1. The summed E-state index contributed by atoms with van der Waals surface area (Å²) in [4.78, 5) is 12.9. The molecule has 1 aliphatic carbocycles. The predicted octanol–water partition coefficient (Wildman–Crippen LogP) is 4.61. The van der Waals surface area contributed by atoms with Crippen molar-refractivity contribution < 1.29 is 13.2 Å². The predicted molar refractivity (Wildman–Crippen MR) is 112 cm³/mol. The van der Waals surface area contributed by atoms with E-state index in [1.165, 1.54) is 4.31 Å². The van der Waals surface area contributed by atoms with E-state index < -0.39 is 10.0 Å². The van der Waals surface area contributed by atoms with Crippen molar-refractivity contribution in [2.45, 2.75) is 50.0 Å². The molecule has 3 rings (SSSR count). The van der Waals surface area contributed by atoms with Crippen molar-refractivity contribution in [2.75, 3.05) is 11.9 Å². The molecule has 0 unspecified atom stereocenters. The van der Waals surface area contributed by atoms with Gasteiger partial charge in [-0.1, -0.05) is 48.6 Å². The average Bonchev–Trinajstić information content (AvgIpc) is 2.69. The Bertz CT molecular complexity index is 906. The first kappa shape index (κ1) is 20.8. The number of carbonyl (C=O) groups is 1. The van der Waals surface area contributed by atoms with Gasteiger partial charge in [0.05, 0.1) is 11.4 Å². The first-order valence-corrected chi connectivity index (χ1v) is 11.3. The van der Waals surface area contributed by atoms with Crippen LogP contribution >= 0.6 is 11.6 Å². The number of sulfonamides is 1. The molecule has 7 heteroatoms. The molecule has 28 heavy (non-hydrogen) atoms. The van der Waals surface area contributed by atoms with Gasteiger partial charge in [-0.2, -0.15) is 4.31 Å². The summed E-state index contributed by atoms with van der Waals surface area (Å²) < 4.78 is 28.0. The standard InChI is InChI=1S/C21H25ClN2O3S/c1-16-7-13-20(14-8-16)28(26,27)24(19-5-3-2-4-6-19)15-21(25)23-18-11-9-17(22)10-12-18/h7-14,19H,2-6,15H2,1H3,(H,23,25). The molecule has 1 fully saturated rings. The molecule has 1 N–H and O–H groups in total. The molecule has 0 atom stereocenters. The number of hydrogen-bond donors (Lipinski definition) is 1. The lowest BCUT2D eigenvalue weighted by molar-refractivity contribution is -0.116. The zero-order valence-electron chi connectivity index (χ0n) is 15.9. The topological polar surface area (TPSA) is 66.5 Å². The van der Waals surface area contributed by atoms with Crippen LogP contribution in [0.2, 0.25) is 5.02 Å². The molecule has 0 aromatic heterocycles. The van der Waals surface area contributed by atoms with E-state index in [9.17, 15) is 13.2 Å². The molecule has 5 nitrogen and oxygen atoms in total. The fourth-order valence-corrected chi connectivity index (χ4v) is 5.27. The van der Waals surface area contributed by atoms with Crippen LogP contribution in [0, 0.1) is 6.92 Å². The summed E-state index contributed by atoms with van der Waals surface area (Å²) in [5, 5.41) is 3.34. The van der Waals surface area contributed by atoms with Crippen molar-refractivity contribution in [3.05, 3.63) is 59.1 Å². The highest BCUT2D eigenvalue weighted by Gasteiger charge is 2.33. The molecule has 2 aromatic rings. The van der Waals surface area contributed by atoms with Crippen molar-refractivity contribution >= 4 is 33.2 Å². The smallest absolute Gasteiger partial charge is 0.243 e. The number of amides is 1. The highest BCUT2D eigenvalue weighted by atomic mass is 35.5. The van der Waals surface area contributed by atoms with Gasteiger partial charge in [-0.15, -0.1) is 0 Å². The number of nitrogens with zero attached hydrogens (tertiary/aromatic N) is 1. The van der Waals surface area contributed by atoms with E-state index in [1.807, 2.05) is 6.92 Å². The van der Waals surface area contributed by atoms with Gasteiger partial charge in [-0.3, -0.25) is 4.79 Å². The summed E-state index contributed by atoms with van der Waals surface area (Å²) in [7, 11) is -3.76. The minimum atomic E-state index is -3.76. The Kier molecular flexibility index (Phi) is 6.75. The van der Waals surface area contributed by atoms with E-state index >= 15 is 0 Å². The Morgan fingerprint density at radius 2 is 1.64 bits per heavy atom. The van der Waals surface area contributed by atoms with Gasteiger partial charge in [0.1, 0.15) is 0 Å². The van der Waals surface area contributed by atoms with Crippen LogP contribution in [0.15, 0.2) is 53.4 Å². The minimum Gasteiger partial charge on any atom is -0.325 e. The summed E-state index contributed by atoms with van der Waals surface area (Å²) in [6, 6.07) is 13.4. The zero-order valence-corrected chi connectivity index (χ0v) is 17.5. The second-order valence-corrected chi connectivity index (χ2v) is 9.54. The Hall–Kier alpha value is -1.89. The molecule has 1 aliphatic rings. The Morgan fingerprint density at radius 3 is 2.25 bits per heavy atom. The largest absolute Gasteiger partial charge is 0.325 e. The van der Waals surface area contributed by atoms with Crippen LogP contribution in [0.5, 0.6) is 0 Å². The summed E-state index contributed by atoms with van der Waals surface area (Å²) in [6.07, 6.45) is 4.61. The van der Waals surface area contributed by atoms with Crippen molar-refractivity contribution in [1.29, 1.82) is 0 Å². The van der Waals surface area contributed by atoms with Gasteiger partial charge in [-0.05, 0) is 56.2 Å². The number of hydrogen-bond acceptors (Lipinski definition) is 3. The highest BCUT2D eigenvalue weighted by molar-refractivity contribution is 7.89. The molecule has 1 saturated carbocycles. The molecule has 0 spiro atoms. The van der Waals surface area contributed by atoms with Crippen LogP contribution in [0.1, 0.15) is 37.7 Å². The fraction of sp³-hybridized carbons (Fsp3) is 0.381. The molecule has 0 aliphatic heterocycles. The van der Waals surface area contributed by atoms with Crippen molar-refractivity contribution in [3.63, 3.8) is 0 Å². The number of anilines is 1. The van der Waals surface area contributed by atoms with Crippen molar-refractivity contribution in [1.82, 2.24) is 4.31 Å². The Labute approximate surface area is 171 Å². The summed E-state index contributed by atoms with van der Waals surface area (Å²) in [5.74, 6) is -0.358. The first-order valence-electron chi connectivity index (χ1n) is 9.50. The van der Waals surface area contributed by atoms with Crippen LogP contribution in [-0.4, -0.2) is 31.2 Å². The van der Waals surface area contributed by atoms with Crippen molar-refractivity contribution in [3.8, 4) is 0 Å². The molecule has 0 heterocycles. The Morgan fingerprint density at radius 1 is 1.04 bits per heavy atom. The number of halogens is 1. The molecule has 150 valence electrons.